The Bertz CT molecular complexity index is 535. The zero-order valence-electron chi connectivity index (χ0n) is 9.96. The molecule has 1 saturated carbocycles. The zero-order valence-corrected chi connectivity index (χ0v) is 10.8. The zero-order chi connectivity index (χ0) is 12.7. The van der Waals surface area contributed by atoms with Crippen molar-refractivity contribution in [1.29, 1.82) is 0 Å². The van der Waals surface area contributed by atoms with E-state index >= 15 is 0 Å². The average molecular weight is 257 g/mol. The number of halogens is 1. The minimum absolute atomic E-state index is 0.226. The van der Waals surface area contributed by atoms with Gasteiger partial charge in [0.15, 0.2) is 9.84 Å². The Labute approximate surface area is 101 Å². The van der Waals surface area contributed by atoms with Gasteiger partial charge in [-0.25, -0.2) is 12.8 Å². The Morgan fingerprint density at radius 1 is 1.41 bits per heavy atom. The van der Waals surface area contributed by atoms with Crippen molar-refractivity contribution in [3.63, 3.8) is 0 Å². The lowest BCUT2D eigenvalue weighted by molar-refractivity contribution is 0.568. The molecule has 1 aliphatic rings. The van der Waals surface area contributed by atoms with Crippen molar-refractivity contribution >= 4 is 9.84 Å². The van der Waals surface area contributed by atoms with E-state index in [4.69, 9.17) is 0 Å². The number of rotatable bonds is 4. The van der Waals surface area contributed by atoms with Gasteiger partial charge in [-0.3, -0.25) is 0 Å². The van der Waals surface area contributed by atoms with E-state index < -0.39 is 14.6 Å². The summed E-state index contributed by atoms with van der Waals surface area (Å²) in [5.41, 5.74) is 0.367. The van der Waals surface area contributed by atoms with E-state index in [9.17, 15) is 12.8 Å². The molecule has 0 amide bonds. The normalized spacial score (nSPS) is 18.1. The summed E-state index contributed by atoms with van der Waals surface area (Å²) in [6, 6.07) is 3.99. The molecule has 0 unspecified atom stereocenters. The molecule has 0 aliphatic heterocycles. The van der Waals surface area contributed by atoms with Crippen LogP contribution >= 0.6 is 0 Å². The molecule has 0 aromatic heterocycles. The molecule has 0 spiro atoms. The SMILES string of the molecule is CNCC1(S(=O)(=O)c2ccc(F)c(C)c2)CC1. The van der Waals surface area contributed by atoms with Crippen LogP contribution in [-0.4, -0.2) is 26.8 Å². The van der Waals surface area contributed by atoms with Gasteiger partial charge in [-0.2, -0.15) is 0 Å². The summed E-state index contributed by atoms with van der Waals surface area (Å²) in [6.07, 6.45) is 1.35. The van der Waals surface area contributed by atoms with Gasteiger partial charge in [-0.1, -0.05) is 0 Å². The van der Waals surface area contributed by atoms with Crippen molar-refractivity contribution < 1.29 is 12.8 Å². The molecule has 5 heteroatoms. The molecule has 0 atom stereocenters. The maximum atomic E-state index is 13.1. The van der Waals surface area contributed by atoms with E-state index in [1.54, 1.807) is 14.0 Å². The first-order chi connectivity index (χ1) is 7.93. The van der Waals surface area contributed by atoms with Crippen LogP contribution < -0.4 is 5.32 Å². The summed E-state index contributed by atoms with van der Waals surface area (Å²) in [5.74, 6) is -0.373. The molecule has 0 bridgehead atoms. The second kappa shape index (κ2) is 4.07. The molecular formula is C12H16FNO2S. The average Bonchev–Trinajstić information content (AvgIpc) is 3.04. The lowest BCUT2D eigenvalue weighted by Gasteiger charge is -2.16. The molecule has 0 saturated heterocycles. The minimum atomic E-state index is -3.36. The van der Waals surface area contributed by atoms with Crippen LogP contribution in [0.3, 0.4) is 0 Å². The monoisotopic (exact) mass is 257 g/mol. The van der Waals surface area contributed by atoms with Gasteiger partial charge in [0.2, 0.25) is 0 Å². The molecule has 1 aromatic carbocycles. The fourth-order valence-corrected chi connectivity index (χ4v) is 4.09. The quantitative estimate of drug-likeness (QED) is 0.834. The van der Waals surface area contributed by atoms with Crippen molar-refractivity contribution in [2.75, 3.05) is 13.6 Å². The van der Waals surface area contributed by atoms with Crippen LogP contribution in [0.1, 0.15) is 18.4 Å². The van der Waals surface area contributed by atoms with Crippen LogP contribution in [-0.2, 0) is 9.84 Å². The summed E-state index contributed by atoms with van der Waals surface area (Å²) in [4.78, 5) is 0.226. The predicted molar refractivity (Wildman–Crippen MR) is 64.2 cm³/mol. The maximum absolute atomic E-state index is 13.1. The van der Waals surface area contributed by atoms with Crippen molar-refractivity contribution in [2.45, 2.75) is 29.4 Å². The van der Waals surface area contributed by atoms with Gasteiger partial charge in [0.1, 0.15) is 5.82 Å². The Morgan fingerprint density at radius 2 is 2.06 bits per heavy atom. The first-order valence-electron chi connectivity index (χ1n) is 5.58. The van der Waals surface area contributed by atoms with Crippen molar-refractivity contribution in [3.8, 4) is 0 Å². The molecule has 1 fully saturated rings. The lowest BCUT2D eigenvalue weighted by Crippen LogP contribution is -2.33. The highest BCUT2D eigenvalue weighted by atomic mass is 32.2. The van der Waals surface area contributed by atoms with Gasteiger partial charge in [0, 0.05) is 6.54 Å². The van der Waals surface area contributed by atoms with E-state index in [-0.39, 0.29) is 10.7 Å². The largest absolute Gasteiger partial charge is 0.318 e. The number of hydrogen-bond donors (Lipinski definition) is 1. The van der Waals surface area contributed by atoms with Crippen LogP contribution in [0.15, 0.2) is 23.1 Å². The van der Waals surface area contributed by atoms with Crippen LogP contribution in [0, 0.1) is 12.7 Å². The fourth-order valence-electron chi connectivity index (χ4n) is 2.04. The van der Waals surface area contributed by atoms with Gasteiger partial charge >= 0.3 is 0 Å². The van der Waals surface area contributed by atoms with Crippen molar-refractivity contribution in [1.82, 2.24) is 5.32 Å². The third kappa shape index (κ3) is 1.98. The highest BCUT2D eigenvalue weighted by Gasteiger charge is 2.54. The number of sulfone groups is 1. The topological polar surface area (TPSA) is 46.2 Å². The third-order valence-corrected chi connectivity index (χ3v) is 5.88. The van der Waals surface area contributed by atoms with Crippen molar-refractivity contribution in [2.24, 2.45) is 0 Å². The third-order valence-electron chi connectivity index (χ3n) is 3.32. The second-order valence-electron chi connectivity index (χ2n) is 4.63. The van der Waals surface area contributed by atoms with E-state index in [2.05, 4.69) is 5.32 Å². The number of benzene rings is 1. The van der Waals surface area contributed by atoms with Crippen LogP contribution in [0.5, 0.6) is 0 Å². The van der Waals surface area contributed by atoms with Gasteiger partial charge in [0.05, 0.1) is 9.64 Å². The highest BCUT2D eigenvalue weighted by Crippen LogP contribution is 2.46. The molecule has 3 nitrogen and oxygen atoms in total. The van der Waals surface area contributed by atoms with Crippen LogP contribution in [0.2, 0.25) is 0 Å². The Hall–Kier alpha value is -0.940. The molecule has 0 radical (unpaired) electrons. The number of aryl methyl sites for hydroxylation is 1. The fraction of sp³-hybridized carbons (Fsp3) is 0.500. The summed E-state index contributed by atoms with van der Waals surface area (Å²) in [7, 11) is -1.62. The molecule has 1 N–H and O–H groups in total. The predicted octanol–water partition coefficient (Wildman–Crippen LogP) is 1.66. The van der Waals surface area contributed by atoms with E-state index in [1.807, 2.05) is 0 Å². The van der Waals surface area contributed by atoms with Gasteiger partial charge < -0.3 is 5.32 Å². The molecule has 94 valence electrons. The highest BCUT2D eigenvalue weighted by molar-refractivity contribution is 7.93. The Morgan fingerprint density at radius 3 is 2.53 bits per heavy atom. The van der Waals surface area contributed by atoms with Crippen molar-refractivity contribution in [3.05, 3.63) is 29.6 Å². The molecule has 17 heavy (non-hydrogen) atoms. The number of hydrogen-bond acceptors (Lipinski definition) is 3. The summed E-state index contributed by atoms with van der Waals surface area (Å²) in [5, 5.41) is 2.92. The molecule has 2 rings (SSSR count). The summed E-state index contributed by atoms with van der Waals surface area (Å²) < 4.78 is 37.3. The summed E-state index contributed by atoms with van der Waals surface area (Å²) in [6.45, 7) is 2.03. The molecule has 1 aromatic rings. The number of nitrogens with one attached hydrogen (secondary N) is 1. The first-order valence-corrected chi connectivity index (χ1v) is 7.07. The van der Waals surface area contributed by atoms with Crippen LogP contribution in [0.4, 0.5) is 4.39 Å². The van der Waals surface area contributed by atoms with Gasteiger partial charge in [-0.05, 0) is 50.6 Å². The Kier molecular flexibility index (Phi) is 2.99. The minimum Gasteiger partial charge on any atom is -0.318 e. The standard InChI is InChI=1S/C12H16FNO2S/c1-9-7-10(3-4-11(9)13)17(15,16)12(5-6-12)8-14-2/h3-4,7,14H,5-6,8H2,1-2H3. The summed E-state index contributed by atoms with van der Waals surface area (Å²) >= 11 is 0. The van der Waals surface area contributed by atoms with Gasteiger partial charge in [-0.15, -0.1) is 0 Å². The maximum Gasteiger partial charge on any atom is 0.185 e. The lowest BCUT2D eigenvalue weighted by atomic mass is 10.2. The Balaban J connectivity index is 2.42. The van der Waals surface area contributed by atoms with Crippen LogP contribution in [0.25, 0.3) is 0 Å². The van der Waals surface area contributed by atoms with E-state index in [0.717, 1.165) is 0 Å². The second-order valence-corrected chi connectivity index (χ2v) is 6.97. The van der Waals surface area contributed by atoms with E-state index in [0.29, 0.717) is 24.9 Å². The van der Waals surface area contributed by atoms with Gasteiger partial charge in [0.25, 0.3) is 0 Å². The smallest absolute Gasteiger partial charge is 0.185 e. The van der Waals surface area contributed by atoms with E-state index in [1.165, 1.54) is 18.2 Å². The molecule has 0 heterocycles. The molecular weight excluding hydrogens is 241 g/mol. The molecule has 1 aliphatic carbocycles. The first kappa shape index (κ1) is 12.5.